The van der Waals surface area contributed by atoms with Crippen molar-refractivity contribution in [2.45, 2.75) is 0 Å². The van der Waals surface area contributed by atoms with Gasteiger partial charge in [-0.3, -0.25) is 0 Å². The summed E-state index contributed by atoms with van der Waals surface area (Å²) in [6.45, 7) is 0. The molecule has 10 aromatic carbocycles. The highest BCUT2D eigenvalue weighted by Gasteiger charge is 2.18. The zero-order valence-electron chi connectivity index (χ0n) is 34.3. The summed E-state index contributed by atoms with van der Waals surface area (Å²) in [7, 11) is 0. The third-order valence-corrected chi connectivity index (χ3v) is 11.4. The monoisotopic (exact) mass is 792 g/mol. The van der Waals surface area contributed by atoms with Crippen molar-refractivity contribution in [2.75, 3.05) is 9.80 Å². The van der Waals surface area contributed by atoms with E-state index in [2.05, 4.69) is 277 Å². The Bertz CT molecular complexity index is 2950. The largest absolute Gasteiger partial charge is 0.311 e. The van der Waals surface area contributed by atoms with Crippen LogP contribution in [0.4, 0.5) is 34.1 Å². The molecule has 0 aromatic heterocycles. The van der Waals surface area contributed by atoms with Gasteiger partial charge in [-0.05, 0) is 141 Å². The minimum Gasteiger partial charge on any atom is -0.311 e. The van der Waals surface area contributed by atoms with Crippen molar-refractivity contribution >= 4 is 34.1 Å². The maximum Gasteiger partial charge on any atom is 0.0473 e. The molecule has 0 N–H and O–H groups in total. The van der Waals surface area contributed by atoms with E-state index in [1.54, 1.807) is 0 Å². The van der Waals surface area contributed by atoms with Gasteiger partial charge in [0, 0.05) is 34.1 Å². The SMILES string of the molecule is c1ccc(-c2ccc(N(c3ccc(N(c4ccccc4)c4ccc(-c5cccc(-c6ccccc6)c5)cc4)cc3)c3cc(-c4ccccc4)cc(-c4ccccc4)c3)cc2)cc1. The van der Waals surface area contributed by atoms with Crippen LogP contribution in [0, 0.1) is 0 Å². The molecule has 10 aromatic rings. The molecule has 0 aliphatic rings. The van der Waals surface area contributed by atoms with Crippen molar-refractivity contribution in [3.63, 3.8) is 0 Å². The molecular weight excluding hydrogens is 749 g/mol. The summed E-state index contributed by atoms with van der Waals surface area (Å²) in [6.07, 6.45) is 0. The van der Waals surface area contributed by atoms with Crippen LogP contribution < -0.4 is 9.80 Å². The molecule has 0 bridgehead atoms. The second-order valence-electron chi connectivity index (χ2n) is 15.4. The van der Waals surface area contributed by atoms with Gasteiger partial charge in [0.2, 0.25) is 0 Å². The first-order chi connectivity index (χ1) is 30.7. The van der Waals surface area contributed by atoms with Crippen LogP contribution in [0.15, 0.2) is 267 Å². The molecular formula is C60H44N2. The first-order valence-electron chi connectivity index (χ1n) is 21.2. The van der Waals surface area contributed by atoms with E-state index in [1.165, 1.54) is 44.5 Å². The van der Waals surface area contributed by atoms with Crippen molar-refractivity contribution in [1.82, 2.24) is 0 Å². The highest BCUT2D eigenvalue weighted by atomic mass is 15.2. The predicted molar refractivity (Wildman–Crippen MR) is 263 cm³/mol. The second-order valence-corrected chi connectivity index (χ2v) is 15.4. The molecule has 62 heavy (non-hydrogen) atoms. The maximum absolute atomic E-state index is 2.38. The lowest BCUT2D eigenvalue weighted by atomic mass is 9.97. The van der Waals surface area contributed by atoms with Gasteiger partial charge in [0.15, 0.2) is 0 Å². The smallest absolute Gasteiger partial charge is 0.0473 e. The van der Waals surface area contributed by atoms with E-state index in [0.29, 0.717) is 0 Å². The molecule has 0 saturated carbocycles. The summed E-state index contributed by atoms with van der Waals surface area (Å²) in [5.41, 5.74) is 18.3. The Hall–Kier alpha value is -8.20. The Morgan fingerprint density at radius 3 is 0.790 bits per heavy atom. The van der Waals surface area contributed by atoms with Crippen LogP contribution in [0.2, 0.25) is 0 Å². The van der Waals surface area contributed by atoms with Crippen LogP contribution in [0.25, 0.3) is 55.6 Å². The summed E-state index contributed by atoms with van der Waals surface area (Å²) in [4.78, 5) is 4.71. The standard InChI is InChI=1S/C60H44N2/c1-6-17-45(18-7-1)49-29-33-57(34-30-49)62(60-43-53(47-21-10-3-11-22-47)42-54(44-60)48-23-12-4-13-24-48)59-39-37-58(38-40-59)61(55-27-14-5-15-28-55)56-35-31-50(32-36-56)52-26-16-25-51(41-52)46-19-8-2-9-20-46/h1-44H. The van der Waals surface area contributed by atoms with Gasteiger partial charge < -0.3 is 9.80 Å². The van der Waals surface area contributed by atoms with E-state index in [0.717, 1.165) is 45.3 Å². The van der Waals surface area contributed by atoms with Crippen LogP contribution >= 0.6 is 0 Å². The van der Waals surface area contributed by atoms with Gasteiger partial charge in [-0.1, -0.05) is 182 Å². The normalized spacial score (nSPS) is 10.9. The molecule has 0 radical (unpaired) electrons. The molecule has 0 spiro atoms. The molecule has 0 aliphatic carbocycles. The number of nitrogens with zero attached hydrogens (tertiary/aromatic N) is 2. The first-order valence-corrected chi connectivity index (χ1v) is 21.2. The Labute approximate surface area is 364 Å². The lowest BCUT2D eigenvalue weighted by molar-refractivity contribution is 1.26. The fourth-order valence-corrected chi connectivity index (χ4v) is 8.30. The van der Waals surface area contributed by atoms with E-state index < -0.39 is 0 Å². The van der Waals surface area contributed by atoms with Gasteiger partial charge >= 0.3 is 0 Å². The van der Waals surface area contributed by atoms with Crippen LogP contribution in [0.3, 0.4) is 0 Å². The molecule has 10 rings (SSSR count). The summed E-state index contributed by atoms with van der Waals surface area (Å²) in [5, 5.41) is 0. The Kier molecular flexibility index (Phi) is 10.8. The summed E-state index contributed by atoms with van der Waals surface area (Å²) >= 11 is 0. The molecule has 0 saturated heterocycles. The minimum atomic E-state index is 1.06. The Morgan fingerprint density at radius 1 is 0.145 bits per heavy atom. The van der Waals surface area contributed by atoms with Gasteiger partial charge in [0.05, 0.1) is 0 Å². The highest BCUT2D eigenvalue weighted by molar-refractivity contribution is 5.87. The third-order valence-electron chi connectivity index (χ3n) is 11.4. The van der Waals surface area contributed by atoms with E-state index in [9.17, 15) is 0 Å². The van der Waals surface area contributed by atoms with Crippen LogP contribution in [-0.4, -0.2) is 0 Å². The summed E-state index contributed by atoms with van der Waals surface area (Å²) in [5.74, 6) is 0. The zero-order valence-corrected chi connectivity index (χ0v) is 34.3. The molecule has 0 unspecified atom stereocenters. The average molecular weight is 793 g/mol. The summed E-state index contributed by atoms with van der Waals surface area (Å²) in [6, 6.07) is 95.6. The van der Waals surface area contributed by atoms with E-state index in [-0.39, 0.29) is 0 Å². The van der Waals surface area contributed by atoms with Gasteiger partial charge in [-0.2, -0.15) is 0 Å². The van der Waals surface area contributed by atoms with Gasteiger partial charge in [0.25, 0.3) is 0 Å². The van der Waals surface area contributed by atoms with E-state index >= 15 is 0 Å². The fourth-order valence-electron chi connectivity index (χ4n) is 8.30. The molecule has 0 aliphatic heterocycles. The molecule has 294 valence electrons. The lowest BCUT2D eigenvalue weighted by Crippen LogP contribution is -2.12. The summed E-state index contributed by atoms with van der Waals surface area (Å²) < 4.78 is 0. The fraction of sp³-hybridized carbons (Fsp3) is 0. The number of para-hydroxylation sites is 1. The van der Waals surface area contributed by atoms with Gasteiger partial charge in [-0.25, -0.2) is 0 Å². The number of benzene rings is 10. The Balaban J connectivity index is 1.05. The van der Waals surface area contributed by atoms with E-state index in [1.807, 2.05) is 0 Å². The number of anilines is 6. The van der Waals surface area contributed by atoms with E-state index in [4.69, 9.17) is 0 Å². The van der Waals surface area contributed by atoms with Crippen LogP contribution in [0.1, 0.15) is 0 Å². The van der Waals surface area contributed by atoms with Gasteiger partial charge in [0.1, 0.15) is 0 Å². The minimum absolute atomic E-state index is 1.06. The van der Waals surface area contributed by atoms with Gasteiger partial charge in [-0.15, -0.1) is 0 Å². The second kappa shape index (κ2) is 17.6. The molecule has 0 heterocycles. The third kappa shape index (κ3) is 8.18. The zero-order chi connectivity index (χ0) is 41.5. The highest BCUT2D eigenvalue weighted by Crippen LogP contribution is 2.42. The van der Waals surface area contributed by atoms with Crippen molar-refractivity contribution in [3.8, 4) is 55.6 Å². The molecule has 0 fully saturated rings. The quantitative estimate of drug-likeness (QED) is 0.129. The van der Waals surface area contributed by atoms with Crippen LogP contribution in [-0.2, 0) is 0 Å². The average Bonchev–Trinajstić information content (AvgIpc) is 3.36. The number of hydrogen-bond donors (Lipinski definition) is 0. The topological polar surface area (TPSA) is 6.48 Å². The van der Waals surface area contributed by atoms with Crippen molar-refractivity contribution < 1.29 is 0 Å². The molecule has 0 amide bonds. The molecule has 2 heteroatoms. The van der Waals surface area contributed by atoms with Crippen molar-refractivity contribution in [3.05, 3.63) is 267 Å². The predicted octanol–water partition coefficient (Wildman–Crippen LogP) is 17.0. The molecule has 2 nitrogen and oxygen atoms in total. The lowest BCUT2D eigenvalue weighted by Gasteiger charge is -2.29. The first kappa shape index (κ1) is 38.0. The van der Waals surface area contributed by atoms with Crippen LogP contribution in [0.5, 0.6) is 0 Å². The molecule has 0 atom stereocenters. The number of hydrogen-bond acceptors (Lipinski definition) is 2. The number of rotatable bonds is 11. The Morgan fingerprint density at radius 2 is 0.387 bits per heavy atom. The van der Waals surface area contributed by atoms with Crippen molar-refractivity contribution in [1.29, 1.82) is 0 Å². The van der Waals surface area contributed by atoms with Crippen molar-refractivity contribution in [2.24, 2.45) is 0 Å². The maximum atomic E-state index is 2.38.